The molecule has 0 bridgehead atoms. The summed E-state index contributed by atoms with van der Waals surface area (Å²) in [4.78, 5) is 10.5. The number of nitrogens with zero attached hydrogens (tertiary/aromatic N) is 1. The molecule has 4 nitrogen and oxygen atoms in total. The molecule has 20 heavy (non-hydrogen) atoms. The van der Waals surface area contributed by atoms with Gasteiger partial charge in [-0.2, -0.15) is 4.31 Å². The summed E-state index contributed by atoms with van der Waals surface area (Å²) in [6.07, 6.45) is 1.45. The Morgan fingerprint density at radius 2 is 1.80 bits per heavy atom. The van der Waals surface area contributed by atoms with E-state index in [1.54, 1.807) is 0 Å². The molecule has 0 aliphatic heterocycles. The Labute approximate surface area is 116 Å². The zero-order valence-corrected chi connectivity index (χ0v) is 11.8. The van der Waals surface area contributed by atoms with Crippen molar-refractivity contribution in [1.29, 1.82) is 0 Å². The van der Waals surface area contributed by atoms with Gasteiger partial charge in [0.05, 0.1) is 0 Å². The van der Waals surface area contributed by atoms with Crippen molar-refractivity contribution in [3.05, 3.63) is 29.8 Å². The maximum absolute atomic E-state index is 13.6. The second-order valence-corrected chi connectivity index (χ2v) is 6.83. The molecule has 0 saturated heterocycles. The molecule has 0 spiro atoms. The highest BCUT2D eigenvalue weighted by atomic mass is 32.2. The zero-order chi connectivity index (χ0) is 14.9. The average Bonchev–Trinajstić information content (AvgIpc) is 2.41. The average molecular weight is 303 g/mol. The molecule has 0 heterocycles. The van der Waals surface area contributed by atoms with Gasteiger partial charge < -0.3 is 0 Å². The number of ketones is 1. The number of sulfonamides is 1. The SMILES string of the molecule is CN(C1CCC(=O)CC1)S(=O)(=O)c1cc(F)ccc1F. The van der Waals surface area contributed by atoms with Crippen LogP contribution in [0.1, 0.15) is 25.7 Å². The molecule has 0 atom stereocenters. The first-order chi connectivity index (χ1) is 9.32. The molecule has 1 aliphatic carbocycles. The Hall–Kier alpha value is -1.34. The third kappa shape index (κ3) is 2.88. The minimum atomic E-state index is -4.10. The first-order valence-electron chi connectivity index (χ1n) is 6.27. The van der Waals surface area contributed by atoms with Crippen LogP contribution in [0.4, 0.5) is 8.78 Å². The van der Waals surface area contributed by atoms with E-state index in [4.69, 9.17) is 0 Å². The molecule has 1 aliphatic rings. The summed E-state index contributed by atoms with van der Waals surface area (Å²) in [6, 6.07) is 1.98. The van der Waals surface area contributed by atoms with Gasteiger partial charge in [0.2, 0.25) is 10.0 Å². The van der Waals surface area contributed by atoms with Crippen LogP contribution in [0.2, 0.25) is 0 Å². The number of hydrogen-bond donors (Lipinski definition) is 0. The number of hydrogen-bond acceptors (Lipinski definition) is 3. The van der Waals surface area contributed by atoms with Crippen LogP contribution >= 0.6 is 0 Å². The molecule has 0 radical (unpaired) electrons. The summed E-state index contributed by atoms with van der Waals surface area (Å²) >= 11 is 0. The van der Waals surface area contributed by atoms with Gasteiger partial charge in [-0.25, -0.2) is 17.2 Å². The van der Waals surface area contributed by atoms with Crippen molar-refractivity contribution in [3.63, 3.8) is 0 Å². The highest BCUT2D eigenvalue weighted by Crippen LogP contribution is 2.26. The van der Waals surface area contributed by atoms with E-state index >= 15 is 0 Å². The number of benzene rings is 1. The normalized spacial score (nSPS) is 17.7. The van der Waals surface area contributed by atoms with E-state index in [1.807, 2.05) is 0 Å². The summed E-state index contributed by atoms with van der Waals surface area (Å²) in [5, 5.41) is 0. The molecule has 1 aromatic carbocycles. The lowest BCUT2D eigenvalue weighted by molar-refractivity contribution is -0.120. The summed E-state index contributed by atoms with van der Waals surface area (Å²) in [7, 11) is -2.77. The third-order valence-corrected chi connectivity index (χ3v) is 5.50. The van der Waals surface area contributed by atoms with Crippen molar-refractivity contribution in [2.45, 2.75) is 36.6 Å². The first kappa shape index (κ1) is 15.1. The summed E-state index contributed by atoms with van der Waals surface area (Å²) in [5.41, 5.74) is 0. The van der Waals surface area contributed by atoms with E-state index in [2.05, 4.69) is 0 Å². The highest BCUT2D eigenvalue weighted by molar-refractivity contribution is 7.89. The fraction of sp³-hybridized carbons (Fsp3) is 0.462. The smallest absolute Gasteiger partial charge is 0.246 e. The lowest BCUT2D eigenvalue weighted by atomic mass is 9.95. The van der Waals surface area contributed by atoms with E-state index in [0.717, 1.165) is 16.4 Å². The number of Topliss-reactive ketones (excluding diaryl/α,β-unsaturated/α-hetero) is 1. The molecule has 1 saturated carbocycles. The number of carbonyl (C=O) groups excluding carboxylic acids is 1. The fourth-order valence-electron chi connectivity index (χ4n) is 2.31. The van der Waals surface area contributed by atoms with Crippen LogP contribution in [-0.4, -0.2) is 31.6 Å². The largest absolute Gasteiger partial charge is 0.300 e. The van der Waals surface area contributed by atoms with E-state index < -0.39 is 26.6 Å². The van der Waals surface area contributed by atoms with E-state index in [0.29, 0.717) is 31.7 Å². The van der Waals surface area contributed by atoms with Crippen LogP contribution in [0, 0.1) is 11.6 Å². The molecular weight excluding hydrogens is 288 g/mol. The Morgan fingerprint density at radius 1 is 1.20 bits per heavy atom. The Balaban J connectivity index is 2.30. The van der Waals surface area contributed by atoms with Crippen LogP contribution in [0.5, 0.6) is 0 Å². The summed E-state index contributed by atoms with van der Waals surface area (Å²) in [5.74, 6) is -1.69. The standard InChI is InChI=1S/C13H15F2NO3S/c1-16(10-3-5-11(17)6-4-10)20(18,19)13-8-9(14)2-7-12(13)15/h2,7-8,10H,3-6H2,1H3. The second kappa shape index (κ2) is 5.57. The Kier molecular flexibility index (Phi) is 4.19. The molecule has 0 unspecified atom stereocenters. The van der Waals surface area contributed by atoms with Crippen molar-refractivity contribution in [3.8, 4) is 0 Å². The fourth-order valence-corrected chi connectivity index (χ4v) is 3.80. The molecule has 0 aromatic heterocycles. The Bertz CT molecular complexity index is 621. The lowest BCUT2D eigenvalue weighted by Gasteiger charge is -2.30. The first-order valence-corrected chi connectivity index (χ1v) is 7.71. The monoisotopic (exact) mass is 303 g/mol. The van der Waals surface area contributed by atoms with E-state index in [9.17, 15) is 22.0 Å². The van der Waals surface area contributed by atoms with E-state index in [1.165, 1.54) is 7.05 Å². The second-order valence-electron chi connectivity index (χ2n) is 4.87. The van der Waals surface area contributed by atoms with Gasteiger partial charge in [-0.15, -0.1) is 0 Å². The minimum Gasteiger partial charge on any atom is -0.300 e. The number of carbonyl (C=O) groups is 1. The van der Waals surface area contributed by atoms with Gasteiger partial charge in [-0.05, 0) is 31.0 Å². The van der Waals surface area contributed by atoms with E-state index in [-0.39, 0.29) is 11.8 Å². The van der Waals surface area contributed by atoms with Gasteiger partial charge >= 0.3 is 0 Å². The van der Waals surface area contributed by atoms with Crippen molar-refractivity contribution < 1.29 is 22.0 Å². The molecule has 2 rings (SSSR count). The maximum Gasteiger partial charge on any atom is 0.246 e. The van der Waals surface area contributed by atoms with Crippen molar-refractivity contribution in [2.75, 3.05) is 7.05 Å². The Morgan fingerprint density at radius 3 is 2.40 bits per heavy atom. The zero-order valence-electron chi connectivity index (χ0n) is 11.0. The van der Waals surface area contributed by atoms with Gasteiger partial charge in [0.15, 0.2) is 0 Å². The molecule has 0 N–H and O–H groups in total. The van der Waals surface area contributed by atoms with Crippen LogP contribution in [0.15, 0.2) is 23.1 Å². The molecule has 0 amide bonds. The van der Waals surface area contributed by atoms with Crippen LogP contribution in [0.3, 0.4) is 0 Å². The maximum atomic E-state index is 13.6. The van der Waals surface area contributed by atoms with Crippen molar-refractivity contribution in [1.82, 2.24) is 4.31 Å². The third-order valence-electron chi connectivity index (χ3n) is 3.58. The summed E-state index contributed by atoms with van der Waals surface area (Å²) in [6.45, 7) is 0. The predicted molar refractivity (Wildman–Crippen MR) is 68.6 cm³/mol. The topological polar surface area (TPSA) is 54.5 Å². The minimum absolute atomic E-state index is 0.101. The van der Waals surface area contributed by atoms with Gasteiger partial charge in [-0.3, -0.25) is 4.79 Å². The van der Waals surface area contributed by atoms with Crippen LogP contribution in [-0.2, 0) is 14.8 Å². The van der Waals surface area contributed by atoms with Crippen molar-refractivity contribution >= 4 is 15.8 Å². The van der Waals surface area contributed by atoms with Gasteiger partial charge in [-0.1, -0.05) is 0 Å². The van der Waals surface area contributed by atoms with Gasteiger partial charge in [0.25, 0.3) is 0 Å². The van der Waals surface area contributed by atoms with Crippen molar-refractivity contribution in [2.24, 2.45) is 0 Å². The summed E-state index contributed by atoms with van der Waals surface area (Å²) < 4.78 is 52.4. The highest BCUT2D eigenvalue weighted by Gasteiger charge is 2.32. The number of rotatable bonds is 3. The molecule has 110 valence electrons. The molecular formula is C13H15F2NO3S. The van der Waals surface area contributed by atoms with Crippen LogP contribution < -0.4 is 0 Å². The molecule has 1 fully saturated rings. The predicted octanol–water partition coefficient (Wildman–Crippen LogP) is 2.10. The van der Waals surface area contributed by atoms with Crippen LogP contribution in [0.25, 0.3) is 0 Å². The number of halogens is 2. The quantitative estimate of drug-likeness (QED) is 0.859. The molecule has 7 heteroatoms. The van der Waals surface area contributed by atoms with Gasteiger partial charge in [0, 0.05) is 25.9 Å². The lowest BCUT2D eigenvalue weighted by Crippen LogP contribution is -2.39. The molecule has 1 aromatic rings. The van der Waals surface area contributed by atoms with Gasteiger partial charge in [0.1, 0.15) is 22.3 Å².